The molecule has 0 heterocycles. The molecule has 1 N–H and O–H groups in total. The second-order valence-electron chi connectivity index (χ2n) is 5.43. The van der Waals surface area contributed by atoms with Gasteiger partial charge in [0.15, 0.2) is 0 Å². The van der Waals surface area contributed by atoms with E-state index >= 15 is 0 Å². The summed E-state index contributed by atoms with van der Waals surface area (Å²) >= 11 is 12.0. The molecule has 0 aliphatic rings. The van der Waals surface area contributed by atoms with Crippen molar-refractivity contribution in [3.63, 3.8) is 0 Å². The third-order valence-electron chi connectivity index (χ3n) is 3.53. The van der Waals surface area contributed by atoms with E-state index in [1.165, 1.54) is 18.9 Å². The Morgan fingerprint density at radius 2 is 1.92 bits per heavy atom. The van der Waals surface area contributed by atoms with E-state index in [2.05, 4.69) is 5.32 Å². The van der Waals surface area contributed by atoms with Crippen molar-refractivity contribution in [3.05, 3.63) is 52.0 Å². The minimum atomic E-state index is -0.400. The number of hydrogen-bond acceptors (Lipinski definition) is 3. The lowest BCUT2D eigenvalue weighted by atomic mass is 10.2. The number of anilines is 2. The molecule has 2 aromatic carbocycles. The van der Waals surface area contributed by atoms with Crippen molar-refractivity contribution < 1.29 is 14.3 Å². The third kappa shape index (κ3) is 4.65. The molecule has 7 heteroatoms. The number of nitrogens with zero attached hydrogens (tertiary/aromatic N) is 1. The second-order valence-corrected chi connectivity index (χ2v) is 6.22. The summed E-state index contributed by atoms with van der Waals surface area (Å²) in [5, 5.41) is 3.25. The Balaban J connectivity index is 2.25. The standard InChI is InChI=1S/C18H18Cl2N2O3/c1-11-7-8-16(25-3)15(9-11)22(12(2)23)10-17(24)21-14-6-4-5-13(19)18(14)20/h4-9H,10H2,1-3H3,(H,21,24). The highest BCUT2D eigenvalue weighted by Gasteiger charge is 2.20. The van der Waals surface area contributed by atoms with Crippen LogP contribution in [0, 0.1) is 6.92 Å². The molecule has 0 atom stereocenters. The van der Waals surface area contributed by atoms with E-state index < -0.39 is 5.91 Å². The van der Waals surface area contributed by atoms with Gasteiger partial charge in [-0.2, -0.15) is 0 Å². The van der Waals surface area contributed by atoms with Gasteiger partial charge in [-0.25, -0.2) is 0 Å². The summed E-state index contributed by atoms with van der Waals surface area (Å²) in [5.74, 6) is -0.173. The number of carbonyl (C=O) groups excluding carboxylic acids is 2. The van der Waals surface area contributed by atoms with Gasteiger partial charge in [-0.3, -0.25) is 14.5 Å². The zero-order chi connectivity index (χ0) is 18.6. The van der Waals surface area contributed by atoms with Crippen LogP contribution in [0.4, 0.5) is 11.4 Å². The Kier molecular flexibility index (Phi) is 6.28. The lowest BCUT2D eigenvalue weighted by molar-refractivity contribution is -0.120. The lowest BCUT2D eigenvalue weighted by Crippen LogP contribution is -2.37. The van der Waals surface area contributed by atoms with Crippen LogP contribution in [-0.2, 0) is 9.59 Å². The van der Waals surface area contributed by atoms with Crippen LogP contribution in [0.1, 0.15) is 12.5 Å². The normalized spacial score (nSPS) is 10.3. The number of rotatable bonds is 5. The number of amides is 2. The van der Waals surface area contributed by atoms with E-state index in [0.717, 1.165) is 5.56 Å². The predicted octanol–water partition coefficient (Wildman–Crippen LogP) is 4.30. The Hall–Kier alpha value is -2.24. The molecule has 5 nitrogen and oxygen atoms in total. The summed E-state index contributed by atoms with van der Waals surface area (Å²) in [6, 6.07) is 10.4. The molecule has 0 bridgehead atoms. The third-order valence-corrected chi connectivity index (χ3v) is 4.35. The Morgan fingerprint density at radius 1 is 1.20 bits per heavy atom. The molecule has 2 amide bonds. The molecule has 0 saturated heterocycles. The van der Waals surface area contributed by atoms with Crippen LogP contribution in [0.3, 0.4) is 0 Å². The number of ether oxygens (including phenoxy) is 1. The Morgan fingerprint density at radius 3 is 2.56 bits per heavy atom. The molecule has 0 unspecified atom stereocenters. The van der Waals surface area contributed by atoms with Gasteiger partial charge in [0.05, 0.1) is 28.5 Å². The van der Waals surface area contributed by atoms with Crippen molar-refractivity contribution in [2.45, 2.75) is 13.8 Å². The highest BCUT2D eigenvalue weighted by molar-refractivity contribution is 6.44. The largest absolute Gasteiger partial charge is 0.495 e. The molecule has 0 fully saturated rings. The lowest BCUT2D eigenvalue weighted by Gasteiger charge is -2.23. The molecule has 0 saturated carbocycles. The highest BCUT2D eigenvalue weighted by Crippen LogP contribution is 2.31. The minimum Gasteiger partial charge on any atom is -0.495 e. The van der Waals surface area contributed by atoms with Crippen molar-refractivity contribution in [1.82, 2.24) is 0 Å². The highest BCUT2D eigenvalue weighted by atomic mass is 35.5. The number of hydrogen-bond donors (Lipinski definition) is 1. The van der Waals surface area contributed by atoms with Gasteiger partial charge in [0.2, 0.25) is 11.8 Å². The van der Waals surface area contributed by atoms with Crippen molar-refractivity contribution >= 4 is 46.4 Å². The van der Waals surface area contributed by atoms with Crippen molar-refractivity contribution in [1.29, 1.82) is 0 Å². The van der Waals surface area contributed by atoms with Gasteiger partial charge in [0.1, 0.15) is 12.3 Å². The van der Waals surface area contributed by atoms with Gasteiger partial charge >= 0.3 is 0 Å². The number of aryl methyl sites for hydroxylation is 1. The van der Waals surface area contributed by atoms with Crippen LogP contribution in [0.2, 0.25) is 10.0 Å². The minimum absolute atomic E-state index is 0.183. The van der Waals surface area contributed by atoms with Gasteiger partial charge in [-0.1, -0.05) is 35.3 Å². The molecule has 2 rings (SSSR count). The van der Waals surface area contributed by atoms with Gasteiger partial charge < -0.3 is 10.1 Å². The molecule has 132 valence electrons. The number of methoxy groups -OCH3 is 1. The second kappa shape index (κ2) is 8.23. The first-order valence-electron chi connectivity index (χ1n) is 7.50. The predicted molar refractivity (Wildman–Crippen MR) is 101 cm³/mol. The quantitative estimate of drug-likeness (QED) is 0.840. The van der Waals surface area contributed by atoms with Crippen LogP contribution < -0.4 is 15.0 Å². The smallest absolute Gasteiger partial charge is 0.244 e. The summed E-state index contributed by atoms with van der Waals surface area (Å²) in [6.45, 7) is 3.10. The van der Waals surface area contributed by atoms with Gasteiger partial charge in [-0.05, 0) is 36.8 Å². The molecular weight excluding hydrogens is 363 g/mol. The van der Waals surface area contributed by atoms with Gasteiger partial charge in [-0.15, -0.1) is 0 Å². The van der Waals surface area contributed by atoms with Crippen molar-refractivity contribution in [2.75, 3.05) is 23.9 Å². The number of halogens is 2. The zero-order valence-corrected chi connectivity index (χ0v) is 15.6. The van der Waals surface area contributed by atoms with E-state index in [9.17, 15) is 9.59 Å². The maximum absolute atomic E-state index is 12.4. The fourth-order valence-corrected chi connectivity index (χ4v) is 2.66. The zero-order valence-electron chi connectivity index (χ0n) is 14.1. The summed E-state index contributed by atoms with van der Waals surface area (Å²) in [5.41, 5.74) is 1.86. The van der Waals surface area contributed by atoms with Crippen LogP contribution in [0.15, 0.2) is 36.4 Å². The number of carbonyl (C=O) groups is 2. The maximum atomic E-state index is 12.4. The average molecular weight is 381 g/mol. The van der Waals surface area contributed by atoms with E-state index in [0.29, 0.717) is 22.1 Å². The van der Waals surface area contributed by atoms with Gasteiger partial charge in [0, 0.05) is 6.92 Å². The SMILES string of the molecule is COc1ccc(C)cc1N(CC(=O)Nc1cccc(Cl)c1Cl)C(C)=O. The number of nitrogens with one attached hydrogen (secondary N) is 1. The first-order chi connectivity index (χ1) is 11.8. The van der Waals surface area contributed by atoms with Gasteiger partial charge in [0.25, 0.3) is 0 Å². The molecular formula is C18H18Cl2N2O3. The maximum Gasteiger partial charge on any atom is 0.244 e. The summed E-state index contributed by atoms with van der Waals surface area (Å²) in [7, 11) is 1.51. The Labute approximate surface area is 156 Å². The van der Waals surface area contributed by atoms with Crippen molar-refractivity contribution in [2.24, 2.45) is 0 Å². The summed E-state index contributed by atoms with van der Waals surface area (Å²) < 4.78 is 5.30. The Bertz CT molecular complexity index is 809. The molecule has 0 aliphatic carbocycles. The van der Waals surface area contributed by atoms with Crippen LogP contribution >= 0.6 is 23.2 Å². The van der Waals surface area contributed by atoms with Crippen molar-refractivity contribution in [3.8, 4) is 5.75 Å². The molecule has 0 radical (unpaired) electrons. The van der Waals surface area contributed by atoms with Crippen LogP contribution in [0.5, 0.6) is 5.75 Å². The monoisotopic (exact) mass is 380 g/mol. The fraction of sp³-hybridized carbons (Fsp3) is 0.222. The summed E-state index contributed by atoms with van der Waals surface area (Å²) in [4.78, 5) is 25.8. The molecule has 25 heavy (non-hydrogen) atoms. The topological polar surface area (TPSA) is 58.6 Å². The number of benzene rings is 2. The van der Waals surface area contributed by atoms with E-state index in [1.807, 2.05) is 13.0 Å². The van der Waals surface area contributed by atoms with E-state index in [-0.39, 0.29) is 17.5 Å². The van der Waals surface area contributed by atoms with E-state index in [4.69, 9.17) is 27.9 Å². The van der Waals surface area contributed by atoms with Crippen LogP contribution in [-0.4, -0.2) is 25.5 Å². The average Bonchev–Trinajstić information content (AvgIpc) is 2.56. The summed E-state index contributed by atoms with van der Waals surface area (Å²) in [6.07, 6.45) is 0. The molecule has 0 aliphatic heterocycles. The molecule has 0 aromatic heterocycles. The van der Waals surface area contributed by atoms with E-state index in [1.54, 1.807) is 30.3 Å². The molecule has 2 aromatic rings. The van der Waals surface area contributed by atoms with Crippen LogP contribution in [0.25, 0.3) is 0 Å². The first-order valence-corrected chi connectivity index (χ1v) is 8.25. The fourth-order valence-electron chi connectivity index (χ4n) is 2.31. The first kappa shape index (κ1) is 19.1. The molecule has 0 spiro atoms.